The van der Waals surface area contributed by atoms with Gasteiger partial charge in [0.15, 0.2) is 0 Å². The summed E-state index contributed by atoms with van der Waals surface area (Å²) >= 11 is 0. The van der Waals surface area contributed by atoms with Crippen LogP contribution in [-0.2, 0) is 11.3 Å². The standard InChI is InChI=1S/C20H23FN2O2/c1-5-23(4)13-22-19-11-10-17(14(2)15(19)3)20(24)25-12-16-8-6-7-9-18(16)21/h6-11,13H,5,12H2,1-4H3. The Kier molecular flexibility index (Phi) is 6.28. The molecular weight excluding hydrogens is 319 g/mol. The fraction of sp³-hybridized carbons (Fsp3) is 0.300. The Morgan fingerprint density at radius 3 is 2.60 bits per heavy atom. The smallest absolute Gasteiger partial charge is 0.338 e. The van der Waals surface area contributed by atoms with Crippen molar-refractivity contribution in [2.45, 2.75) is 27.4 Å². The van der Waals surface area contributed by atoms with E-state index in [2.05, 4.69) is 4.99 Å². The van der Waals surface area contributed by atoms with Crippen molar-refractivity contribution in [1.29, 1.82) is 0 Å². The largest absolute Gasteiger partial charge is 0.457 e. The highest BCUT2D eigenvalue weighted by Crippen LogP contribution is 2.25. The SMILES string of the molecule is CCN(C)C=Nc1ccc(C(=O)OCc2ccccc2F)c(C)c1C. The fourth-order valence-electron chi connectivity index (χ4n) is 2.25. The lowest BCUT2D eigenvalue weighted by molar-refractivity contribution is 0.0468. The van der Waals surface area contributed by atoms with Crippen LogP contribution in [-0.4, -0.2) is 30.8 Å². The number of rotatable bonds is 6. The molecule has 0 saturated heterocycles. The lowest BCUT2D eigenvalue weighted by atomic mass is 10.0. The van der Waals surface area contributed by atoms with Crippen LogP contribution in [0.2, 0.25) is 0 Å². The Balaban J connectivity index is 2.14. The van der Waals surface area contributed by atoms with Gasteiger partial charge in [-0.05, 0) is 50.1 Å². The second-order valence-electron chi connectivity index (χ2n) is 5.87. The van der Waals surface area contributed by atoms with E-state index in [9.17, 15) is 9.18 Å². The van der Waals surface area contributed by atoms with E-state index in [0.717, 1.165) is 23.4 Å². The van der Waals surface area contributed by atoms with Crippen LogP contribution in [0.1, 0.15) is 34.0 Å². The summed E-state index contributed by atoms with van der Waals surface area (Å²) in [6, 6.07) is 9.75. The van der Waals surface area contributed by atoms with Crippen LogP contribution in [0, 0.1) is 19.7 Å². The zero-order valence-corrected chi connectivity index (χ0v) is 15.0. The average Bonchev–Trinajstić information content (AvgIpc) is 2.61. The van der Waals surface area contributed by atoms with Gasteiger partial charge in [0.1, 0.15) is 12.4 Å². The molecule has 2 aromatic carbocycles. The third-order valence-corrected chi connectivity index (χ3v) is 4.19. The molecule has 0 amide bonds. The third kappa shape index (κ3) is 4.66. The number of esters is 1. The van der Waals surface area contributed by atoms with Gasteiger partial charge in [-0.3, -0.25) is 0 Å². The van der Waals surface area contributed by atoms with Gasteiger partial charge in [-0.1, -0.05) is 18.2 Å². The number of carbonyl (C=O) groups is 1. The number of carbonyl (C=O) groups excluding carboxylic acids is 1. The fourth-order valence-corrected chi connectivity index (χ4v) is 2.25. The number of halogens is 1. The maximum absolute atomic E-state index is 13.6. The predicted octanol–water partition coefficient (Wildman–Crippen LogP) is 4.41. The van der Waals surface area contributed by atoms with Crippen LogP contribution in [0.25, 0.3) is 0 Å². The molecule has 0 N–H and O–H groups in total. The van der Waals surface area contributed by atoms with Crippen molar-refractivity contribution in [3.8, 4) is 0 Å². The minimum atomic E-state index is -0.468. The van der Waals surface area contributed by atoms with E-state index in [4.69, 9.17) is 4.74 Å². The molecule has 0 aliphatic carbocycles. The molecule has 0 unspecified atom stereocenters. The minimum absolute atomic E-state index is 0.0921. The second kappa shape index (κ2) is 8.42. The van der Waals surface area contributed by atoms with E-state index >= 15 is 0 Å². The van der Waals surface area contributed by atoms with Crippen molar-refractivity contribution in [3.05, 3.63) is 64.5 Å². The van der Waals surface area contributed by atoms with Crippen LogP contribution in [0.3, 0.4) is 0 Å². The van der Waals surface area contributed by atoms with Crippen molar-refractivity contribution in [1.82, 2.24) is 4.90 Å². The summed E-state index contributed by atoms with van der Waals surface area (Å²) < 4.78 is 18.9. The zero-order chi connectivity index (χ0) is 18.4. The normalized spacial score (nSPS) is 10.9. The summed E-state index contributed by atoms with van der Waals surface area (Å²) in [5, 5.41) is 0. The highest BCUT2D eigenvalue weighted by Gasteiger charge is 2.15. The molecule has 4 nitrogen and oxygen atoms in total. The number of nitrogens with zero attached hydrogens (tertiary/aromatic N) is 2. The molecule has 0 saturated carbocycles. The first-order valence-electron chi connectivity index (χ1n) is 8.19. The molecule has 0 aliphatic heterocycles. The number of hydrogen-bond acceptors (Lipinski definition) is 3. The van der Waals surface area contributed by atoms with Gasteiger partial charge in [-0.15, -0.1) is 0 Å². The molecule has 0 bridgehead atoms. The van der Waals surface area contributed by atoms with Crippen molar-refractivity contribution in [2.75, 3.05) is 13.6 Å². The van der Waals surface area contributed by atoms with Gasteiger partial charge < -0.3 is 9.64 Å². The van der Waals surface area contributed by atoms with Crippen molar-refractivity contribution < 1.29 is 13.9 Å². The van der Waals surface area contributed by atoms with Crippen molar-refractivity contribution in [2.24, 2.45) is 4.99 Å². The van der Waals surface area contributed by atoms with Crippen LogP contribution in [0.4, 0.5) is 10.1 Å². The Bertz CT molecular complexity index is 787. The van der Waals surface area contributed by atoms with Gasteiger partial charge in [0.05, 0.1) is 17.6 Å². The summed E-state index contributed by atoms with van der Waals surface area (Å²) in [6.45, 7) is 6.59. The van der Waals surface area contributed by atoms with Crippen LogP contribution >= 0.6 is 0 Å². The summed E-state index contributed by atoms with van der Waals surface area (Å²) in [5.74, 6) is -0.849. The Hall–Kier alpha value is -2.69. The van der Waals surface area contributed by atoms with Crippen LogP contribution < -0.4 is 0 Å². The molecule has 0 aliphatic rings. The average molecular weight is 342 g/mol. The molecule has 5 heteroatoms. The molecular formula is C20H23FN2O2. The van der Waals surface area contributed by atoms with E-state index < -0.39 is 5.97 Å². The van der Waals surface area contributed by atoms with Crippen LogP contribution in [0.5, 0.6) is 0 Å². The molecule has 0 aromatic heterocycles. The summed E-state index contributed by atoms with van der Waals surface area (Å²) in [5.41, 5.74) is 3.36. The highest BCUT2D eigenvalue weighted by molar-refractivity contribution is 5.92. The van der Waals surface area contributed by atoms with E-state index in [1.54, 1.807) is 36.7 Å². The second-order valence-corrected chi connectivity index (χ2v) is 5.87. The summed E-state index contributed by atoms with van der Waals surface area (Å²) in [4.78, 5) is 18.7. The molecule has 0 atom stereocenters. The summed E-state index contributed by atoms with van der Waals surface area (Å²) in [6.07, 6.45) is 1.76. The van der Waals surface area contributed by atoms with E-state index in [-0.39, 0.29) is 12.4 Å². The molecule has 132 valence electrons. The number of hydrogen-bond donors (Lipinski definition) is 0. The Morgan fingerprint density at radius 1 is 1.20 bits per heavy atom. The highest BCUT2D eigenvalue weighted by atomic mass is 19.1. The molecule has 0 fully saturated rings. The molecule has 0 radical (unpaired) electrons. The third-order valence-electron chi connectivity index (χ3n) is 4.19. The molecule has 25 heavy (non-hydrogen) atoms. The van der Waals surface area contributed by atoms with E-state index in [1.807, 2.05) is 32.7 Å². The maximum Gasteiger partial charge on any atom is 0.338 e. The van der Waals surface area contributed by atoms with Crippen LogP contribution in [0.15, 0.2) is 41.4 Å². The molecule has 2 rings (SSSR count). The van der Waals surface area contributed by atoms with Gasteiger partial charge in [-0.25, -0.2) is 14.2 Å². The number of aliphatic imine (C=N–C) groups is 1. The monoisotopic (exact) mass is 342 g/mol. The van der Waals surface area contributed by atoms with Gasteiger partial charge >= 0.3 is 5.97 Å². The number of benzene rings is 2. The van der Waals surface area contributed by atoms with Crippen molar-refractivity contribution >= 4 is 18.0 Å². The Labute approximate surface area is 148 Å². The molecule has 0 heterocycles. The quantitative estimate of drug-likeness (QED) is 0.443. The van der Waals surface area contributed by atoms with Gasteiger partial charge in [0, 0.05) is 19.2 Å². The predicted molar refractivity (Wildman–Crippen MR) is 97.9 cm³/mol. The Morgan fingerprint density at radius 2 is 1.92 bits per heavy atom. The first kappa shape index (κ1) is 18.6. The first-order valence-corrected chi connectivity index (χ1v) is 8.19. The summed E-state index contributed by atoms with van der Waals surface area (Å²) in [7, 11) is 1.94. The zero-order valence-electron chi connectivity index (χ0n) is 15.0. The topological polar surface area (TPSA) is 41.9 Å². The van der Waals surface area contributed by atoms with E-state index in [1.165, 1.54) is 6.07 Å². The van der Waals surface area contributed by atoms with E-state index in [0.29, 0.717) is 11.1 Å². The van der Waals surface area contributed by atoms with Gasteiger partial charge in [0.2, 0.25) is 0 Å². The molecule has 0 spiro atoms. The minimum Gasteiger partial charge on any atom is -0.457 e. The first-order chi connectivity index (χ1) is 11.9. The van der Waals surface area contributed by atoms with Crippen molar-refractivity contribution in [3.63, 3.8) is 0 Å². The number of ether oxygens (including phenoxy) is 1. The molecule has 2 aromatic rings. The van der Waals surface area contributed by atoms with Gasteiger partial charge in [-0.2, -0.15) is 0 Å². The lowest BCUT2D eigenvalue weighted by Crippen LogP contribution is -2.14. The van der Waals surface area contributed by atoms with Gasteiger partial charge in [0.25, 0.3) is 0 Å². The maximum atomic E-state index is 13.6. The lowest BCUT2D eigenvalue weighted by Gasteiger charge is -2.12.